The molecule has 0 rings (SSSR count). The molecule has 0 saturated heterocycles. The maximum Gasteiger partial charge on any atom is -0.0158 e. The minimum absolute atomic E-state index is 1.03. The van der Waals surface area contributed by atoms with Gasteiger partial charge in [-0.05, 0) is 43.9 Å². The second-order valence-electron chi connectivity index (χ2n) is 3.75. The maximum atomic E-state index is 3.85. The molecule has 0 heterocycles. The summed E-state index contributed by atoms with van der Waals surface area (Å²) in [6.07, 6.45) is 17.7. The van der Waals surface area contributed by atoms with E-state index in [1.807, 2.05) is 32.1 Å². The van der Waals surface area contributed by atoms with Gasteiger partial charge in [0.05, 0.1) is 0 Å². The molecule has 0 unspecified atom stereocenters. The van der Waals surface area contributed by atoms with E-state index in [1.165, 1.54) is 16.7 Å². The van der Waals surface area contributed by atoms with Crippen molar-refractivity contribution < 1.29 is 0 Å². The standard InChI is InChI=1S/C17H24/c1-6-10-11-14-17(15(5)9-4)16(12-7-2)13-8-3/h6-7,9-14H,4,8H2,1-3,5H3. The van der Waals surface area contributed by atoms with Crippen molar-refractivity contribution in [3.8, 4) is 0 Å². The average Bonchev–Trinajstić information content (AvgIpc) is 2.34. The first-order valence-corrected chi connectivity index (χ1v) is 6.17. The summed E-state index contributed by atoms with van der Waals surface area (Å²) in [5, 5.41) is 0. The van der Waals surface area contributed by atoms with Crippen LogP contribution in [-0.2, 0) is 0 Å². The quantitative estimate of drug-likeness (QED) is 0.524. The SMILES string of the molecule is C=CC(C)=C(C=CC=CC)C(C=CC)=CCC. The van der Waals surface area contributed by atoms with Crippen LogP contribution in [0.1, 0.15) is 34.1 Å². The van der Waals surface area contributed by atoms with Gasteiger partial charge < -0.3 is 0 Å². The third-order valence-corrected chi connectivity index (χ3v) is 2.38. The lowest BCUT2D eigenvalue weighted by atomic mass is 9.98. The fourth-order valence-electron chi connectivity index (χ4n) is 1.50. The van der Waals surface area contributed by atoms with Crippen LogP contribution in [-0.4, -0.2) is 0 Å². The lowest BCUT2D eigenvalue weighted by Crippen LogP contribution is -1.87. The Hall–Kier alpha value is -1.56. The van der Waals surface area contributed by atoms with Crippen LogP contribution in [0.15, 0.2) is 71.9 Å². The third-order valence-electron chi connectivity index (χ3n) is 2.38. The van der Waals surface area contributed by atoms with E-state index in [0.29, 0.717) is 0 Å². The summed E-state index contributed by atoms with van der Waals surface area (Å²) in [4.78, 5) is 0. The lowest BCUT2D eigenvalue weighted by Gasteiger charge is -2.07. The van der Waals surface area contributed by atoms with E-state index in [1.54, 1.807) is 0 Å². The topological polar surface area (TPSA) is 0 Å². The van der Waals surface area contributed by atoms with Crippen molar-refractivity contribution in [1.82, 2.24) is 0 Å². The molecule has 0 aliphatic carbocycles. The van der Waals surface area contributed by atoms with Crippen molar-refractivity contribution in [3.05, 3.63) is 71.9 Å². The van der Waals surface area contributed by atoms with Gasteiger partial charge in [-0.2, -0.15) is 0 Å². The molecule has 0 saturated carbocycles. The third kappa shape index (κ3) is 5.91. The molecule has 17 heavy (non-hydrogen) atoms. The monoisotopic (exact) mass is 228 g/mol. The number of rotatable bonds is 6. The Morgan fingerprint density at radius 2 is 1.76 bits per heavy atom. The highest BCUT2D eigenvalue weighted by molar-refractivity contribution is 5.51. The van der Waals surface area contributed by atoms with Crippen molar-refractivity contribution in [3.63, 3.8) is 0 Å². The van der Waals surface area contributed by atoms with Crippen molar-refractivity contribution >= 4 is 0 Å². The molecule has 0 heteroatoms. The first-order valence-electron chi connectivity index (χ1n) is 6.17. The van der Waals surface area contributed by atoms with Gasteiger partial charge in [0.25, 0.3) is 0 Å². The van der Waals surface area contributed by atoms with Gasteiger partial charge in [0.1, 0.15) is 0 Å². The lowest BCUT2D eigenvalue weighted by molar-refractivity contribution is 1.20. The Balaban J connectivity index is 5.45. The first kappa shape index (κ1) is 15.4. The normalized spacial score (nSPS) is 14.9. The Bertz CT molecular complexity index is 371. The molecule has 0 spiro atoms. The van der Waals surface area contributed by atoms with Gasteiger partial charge in [-0.3, -0.25) is 0 Å². The zero-order chi connectivity index (χ0) is 13.1. The predicted octanol–water partition coefficient (Wildman–Crippen LogP) is 5.53. The molecular weight excluding hydrogens is 204 g/mol. The molecule has 0 atom stereocenters. The zero-order valence-electron chi connectivity index (χ0n) is 11.5. The Morgan fingerprint density at radius 1 is 1.06 bits per heavy atom. The molecule has 0 amide bonds. The van der Waals surface area contributed by atoms with Gasteiger partial charge in [0, 0.05) is 0 Å². The highest BCUT2D eigenvalue weighted by Crippen LogP contribution is 2.19. The Labute approximate surface area is 106 Å². The summed E-state index contributed by atoms with van der Waals surface area (Å²) >= 11 is 0. The van der Waals surface area contributed by atoms with Crippen molar-refractivity contribution in [2.24, 2.45) is 0 Å². The van der Waals surface area contributed by atoms with Crippen molar-refractivity contribution in [2.45, 2.75) is 34.1 Å². The van der Waals surface area contributed by atoms with E-state index in [2.05, 4.69) is 50.8 Å². The second kappa shape index (κ2) is 9.65. The number of hydrogen-bond donors (Lipinski definition) is 0. The summed E-state index contributed by atoms with van der Waals surface area (Å²) in [6, 6.07) is 0. The second-order valence-corrected chi connectivity index (χ2v) is 3.75. The van der Waals surface area contributed by atoms with Crippen LogP contribution in [0.2, 0.25) is 0 Å². The molecule has 0 N–H and O–H groups in total. The van der Waals surface area contributed by atoms with Crippen LogP contribution in [0.25, 0.3) is 0 Å². The summed E-state index contributed by atoms with van der Waals surface area (Å²) < 4.78 is 0. The predicted molar refractivity (Wildman–Crippen MR) is 80.0 cm³/mol. The van der Waals surface area contributed by atoms with Crippen molar-refractivity contribution in [2.75, 3.05) is 0 Å². The van der Waals surface area contributed by atoms with Crippen LogP contribution in [0.5, 0.6) is 0 Å². The smallest absolute Gasteiger partial charge is 0.0158 e. The fraction of sp³-hybridized carbons (Fsp3) is 0.294. The van der Waals surface area contributed by atoms with E-state index in [0.717, 1.165) is 6.42 Å². The van der Waals surface area contributed by atoms with Crippen LogP contribution >= 0.6 is 0 Å². The van der Waals surface area contributed by atoms with Gasteiger partial charge >= 0.3 is 0 Å². The van der Waals surface area contributed by atoms with Gasteiger partial charge in [-0.1, -0.05) is 62.1 Å². The molecular formula is C17H24. The zero-order valence-corrected chi connectivity index (χ0v) is 11.5. The fourth-order valence-corrected chi connectivity index (χ4v) is 1.50. The minimum atomic E-state index is 1.03. The van der Waals surface area contributed by atoms with Crippen LogP contribution < -0.4 is 0 Å². The van der Waals surface area contributed by atoms with E-state index >= 15 is 0 Å². The molecule has 0 nitrogen and oxygen atoms in total. The van der Waals surface area contributed by atoms with Gasteiger partial charge in [-0.15, -0.1) is 0 Å². The summed E-state index contributed by atoms with van der Waals surface area (Å²) in [7, 11) is 0. The molecule has 0 aromatic carbocycles. The molecule has 0 aromatic rings. The van der Waals surface area contributed by atoms with Crippen LogP contribution in [0, 0.1) is 0 Å². The van der Waals surface area contributed by atoms with E-state index in [-0.39, 0.29) is 0 Å². The Morgan fingerprint density at radius 3 is 2.24 bits per heavy atom. The van der Waals surface area contributed by atoms with E-state index in [9.17, 15) is 0 Å². The Kier molecular flexibility index (Phi) is 8.77. The van der Waals surface area contributed by atoms with Crippen LogP contribution in [0.3, 0.4) is 0 Å². The molecule has 92 valence electrons. The molecule has 0 radical (unpaired) electrons. The van der Waals surface area contributed by atoms with Gasteiger partial charge in [0.2, 0.25) is 0 Å². The number of hydrogen-bond acceptors (Lipinski definition) is 0. The summed E-state index contributed by atoms with van der Waals surface area (Å²) in [6.45, 7) is 12.2. The minimum Gasteiger partial charge on any atom is -0.0988 e. The first-order chi connectivity index (χ1) is 8.21. The van der Waals surface area contributed by atoms with Gasteiger partial charge in [0.15, 0.2) is 0 Å². The highest BCUT2D eigenvalue weighted by atomic mass is 14.0. The van der Waals surface area contributed by atoms with E-state index in [4.69, 9.17) is 0 Å². The molecule has 0 bridgehead atoms. The molecule has 0 aliphatic heterocycles. The van der Waals surface area contributed by atoms with Crippen molar-refractivity contribution in [1.29, 1.82) is 0 Å². The average molecular weight is 228 g/mol. The summed E-state index contributed by atoms with van der Waals surface area (Å²) in [5.41, 5.74) is 3.69. The molecule has 0 fully saturated rings. The van der Waals surface area contributed by atoms with Crippen LogP contribution in [0.4, 0.5) is 0 Å². The highest BCUT2D eigenvalue weighted by Gasteiger charge is 2.00. The summed E-state index contributed by atoms with van der Waals surface area (Å²) in [5.74, 6) is 0. The van der Waals surface area contributed by atoms with E-state index < -0.39 is 0 Å². The largest absolute Gasteiger partial charge is 0.0988 e. The number of allylic oxidation sites excluding steroid dienone is 11. The maximum absolute atomic E-state index is 3.85. The molecule has 0 aliphatic rings. The van der Waals surface area contributed by atoms with Gasteiger partial charge in [-0.25, -0.2) is 0 Å². The molecule has 0 aromatic heterocycles.